The van der Waals surface area contributed by atoms with Crippen LogP contribution < -0.4 is 0 Å². The summed E-state index contributed by atoms with van der Waals surface area (Å²) in [7, 11) is -2.23. The van der Waals surface area contributed by atoms with Gasteiger partial charge >= 0.3 is 5.97 Å². The summed E-state index contributed by atoms with van der Waals surface area (Å²) in [5, 5.41) is 0. The second-order valence-corrected chi connectivity index (χ2v) is 7.81. The first kappa shape index (κ1) is 19.1. The van der Waals surface area contributed by atoms with E-state index in [0.717, 1.165) is 0 Å². The normalized spacial score (nSPS) is 11.8. The van der Waals surface area contributed by atoms with Crippen molar-refractivity contribution in [2.24, 2.45) is 0 Å². The molecule has 0 aliphatic carbocycles. The molecular weight excluding hydrogens is 345 g/mol. The van der Waals surface area contributed by atoms with Gasteiger partial charge in [0.25, 0.3) is 0 Å². The average molecular weight is 365 g/mol. The fourth-order valence-corrected chi connectivity index (χ4v) is 3.48. The summed E-state index contributed by atoms with van der Waals surface area (Å²) in [5.74, 6) is -1.18. The SMILES string of the molecule is CC(C)N(C)S(=O)(=O)c1cccc(C(=O)OCc2ccccc2F)c1. The average Bonchev–Trinajstić information content (AvgIpc) is 2.60. The number of carbonyl (C=O) groups is 1. The van der Waals surface area contributed by atoms with Crippen molar-refractivity contribution in [2.45, 2.75) is 31.4 Å². The van der Waals surface area contributed by atoms with Gasteiger partial charge in [-0.15, -0.1) is 0 Å². The second-order valence-electron chi connectivity index (χ2n) is 5.81. The molecule has 5 nitrogen and oxygen atoms in total. The van der Waals surface area contributed by atoms with Crippen molar-refractivity contribution in [3.8, 4) is 0 Å². The number of carbonyl (C=O) groups excluding carboxylic acids is 1. The van der Waals surface area contributed by atoms with Crippen molar-refractivity contribution >= 4 is 16.0 Å². The van der Waals surface area contributed by atoms with Crippen LogP contribution in [0.4, 0.5) is 4.39 Å². The highest BCUT2D eigenvalue weighted by Gasteiger charge is 2.24. The maximum atomic E-state index is 13.6. The molecule has 0 saturated heterocycles. The second kappa shape index (κ2) is 7.76. The predicted octanol–water partition coefficient (Wildman–Crippen LogP) is 3.21. The van der Waals surface area contributed by atoms with Gasteiger partial charge in [0, 0.05) is 18.7 Å². The zero-order valence-corrected chi connectivity index (χ0v) is 15.1. The first-order valence-corrected chi connectivity index (χ1v) is 9.16. The minimum atomic E-state index is -3.70. The van der Waals surface area contributed by atoms with Crippen LogP contribution in [0.3, 0.4) is 0 Å². The van der Waals surface area contributed by atoms with Gasteiger partial charge < -0.3 is 4.74 Å². The van der Waals surface area contributed by atoms with Crippen LogP contribution in [0.1, 0.15) is 29.8 Å². The molecule has 0 fully saturated rings. The van der Waals surface area contributed by atoms with E-state index in [-0.39, 0.29) is 28.7 Å². The first-order chi connectivity index (χ1) is 11.7. The molecule has 0 heterocycles. The Balaban J connectivity index is 2.18. The van der Waals surface area contributed by atoms with Crippen molar-refractivity contribution in [2.75, 3.05) is 7.05 Å². The Hall–Kier alpha value is -2.25. The molecule has 0 aromatic heterocycles. The van der Waals surface area contributed by atoms with Crippen molar-refractivity contribution < 1.29 is 22.3 Å². The predicted molar refractivity (Wildman–Crippen MR) is 92.0 cm³/mol. The number of hydrogen-bond acceptors (Lipinski definition) is 4. The number of hydrogen-bond donors (Lipinski definition) is 0. The lowest BCUT2D eigenvalue weighted by molar-refractivity contribution is 0.0468. The molecule has 0 aliphatic rings. The standard InChI is InChI=1S/C18H20FNO4S/c1-13(2)20(3)25(22,23)16-9-6-8-14(11-16)18(21)24-12-15-7-4-5-10-17(15)19/h4-11,13H,12H2,1-3H3. The van der Waals surface area contributed by atoms with Gasteiger partial charge in [0.05, 0.1) is 10.5 Å². The fourth-order valence-electron chi connectivity index (χ4n) is 2.07. The fraction of sp³-hybridized carbons (Fsp3) is 0.278. The quantitative estimate of drug-likeness (QED) is 0.738. The number of sulfonamides is 1. The smallest absolute Gasteiger partial charge is 0.338 e. The van der Waals surface area contributed by atoms with Crippen molar-refractivity contribution in [3.63, 3.8) is 0 Å². The molecule has 0 spiro atoms. The minimum absolute atomic E-state index is 0.00374. The first-order valence-electron chi connectivity index (χ1n) is 7.72. The highest BCUT2D eigenvalue weighted by Crippen LogP contribution is 2.19. The number of ether oxygens (including phenoxy) is 1. The van der Waals surface area contributed by atoms with Crippen LogP contribution in [0.2, 0.25) is 0 Å². The van der Waals surface area contributed by atoms with Gasteiger partial charge in [-0.3, -0.25) is 0 Å². The Bertz CT molecular complexity index is 865. The largest absolute Gasteiger partial charge is 0.457 e. The van der Waals surface area contributed by atoms with E-state index in [9.17, 15) is 17.6 Å². The summed E-state index contributed by atoms with van der Waals surface area (Å²) < 4.78 is 44.8. The Labute approximate surface area is 147 Å². The monoisotopic (exact) mass is 365 g/mol. The van der Waals surface area contributed by atoms with Gasteiger partial charge in [-0.05, 0) is 38.1 Å². The molecule has 2 aromatic carbocycles. The molecule has 0 N–H and O–H groups in total. The lowest BCUT2D eigenvalue weighted by Crippen LogP contribution is -2.33. The van der Waals surface area contributed by atoms with E-state index >= 15 is 0 Å². The number of nitrogens with zero attached hydrogens (tertiary/aromatic N) is 1. The van der Waals surface area contributed by atoms with E-state index in [2.05, 4.69) is 0 Å². The Morgan fingerprint density at radius 2 is 1.84 bits per heavy atom. The maximum absolute atomic E-state index is 13.6. The van der Waals surface area contributed by atoms with E-state index in [1.807, 2.05) is 0 Å². The molecule has 2 rings (SSSR count). The zero-order valence-electron chi connectivity index (χ0n) is 14.3. The van der Waals surface area contributed by atoms with Crippen molar-refractivity contribution in [1.82, 2.24) is 4.31 Å². The maximum Gasteiger partial charge on any atom is 0.338 e. The highest BCUT2D eigenvalue weighted by atomic mass is 32.2. The summed E-state index contributed by atoms with van der Waals surface area (Å²) in [6.07, 6.45) is 0. The van der Waals surface area contributed by atoms with Gasteiger partial charge in [0.1, 0.15) is 12.4 Å². The lowest BCUT2D eigenvalue weighted by atomic mass is 10.2. The van der Waals surface area contributed by atoms with Crippen LogP contribution in [-0.2, 0) is 21.4 Å². The lowest BCUT2D eigenvalue weighted by Gasteiger charge is -2.21. The van der Waals surface area contributed by atoms with Crippen LogP contribution in [0.5, 0.6) is 0 Å². The third kappa shape index (κ3) is 4.43. The Morgan fingerprint density at radius 3 is 2.48 bits per heavy atom. The van der Waals surface area contributed by atoms with Crippen LogP contribution in [0.15, 0.2) is 53.4 Å². The third-order valence-corrected chi connectivity index (χ3v) is 5.82. The number of rotatable bonds is 6. The zero-order chi connectivity index (χ0) is 18.6. The van der Waals surface area contributed by atoms with Crippen LogP contribution >= 0.6 is 0 Å². The van der Waals surface area contributed by atoms with Gasteiger partial charge in [-0.25, -0.2) is 17.6 Å². The molecule has 25 heavy (non-hydrogen) atoms. The Kier molecular flexibility index (Phi) is 5.92. The van der Waals surface area contributed by atoms with E-state index in [4.69, 9.17) is 4.74 Å². The molecule has 0 unspecified atom stereocenters. The minimum Gasteiger partial charge on any atom is -0.457 e. The molecule has 0 amide bonds. The molecule has 0 radical (unpaired) electrons. The molecule has 7 heteroatoms. The van der Waals surface area contributed by atoms with Crippen LogP contribution in [0, 0.1) is 5.82 Å². The van der Waals surface area contributed by atoms with E-state index in [1.54, 1.807) is 26.0 Å². The van der Waals surface area contributed by atoms with Gasteiger partial charge in [-0.1, -0.05) is 24.3 Å². The van der Waals surface area contributed by atoms with Crippen LogP contribution in [-0.4, -0.2) is 31.8 Å². The molecule has 0 bridgehead atoms. The number of esters is 1. The highest BCUT2D eigenvalue weighted by molar-refractivity contribution is 7.89. The Morgan fingerprint density at radius 1 is 1.16 bits per heavy atom. The van der Waals surface area contributed by atoms with Crippen molar-refractivity contribution in [3.05, 3.63) is 65.5 Å². The molecular formula is C18H20FNO4S. The van der Waals surface area contributed by atoms with E-state index in [1.165, 1.54) is 47.8 Å². The van der Waals surface area contributed by atoms with Gasteiger partial charge in [0.15, 0.2) is 0 Å². The molecule has 0 saturated carbocycles. The summed E-state index contributed by atoms with van der Waals surface area (Å²) in [5.41, 5.74) is 0.341. The summed E-state index contributed by atoms with van der Waals surface area (Å²) >= 11 is 0. The molecule has 0 atom stereocenters. The topological polar surface area (TPSA) is 63.7 Å². The number of benzene rings is 2. The van der Waals surface area contributed by atoms with Crippen molar-refractivity contribution in [1.29, 1.82) is 0 Å². The third-order valence-electron chi connectivity index (χ3n) is 3.79. The summed E-state index contributed by atoms with van der Waals surface area (Å²) in [4.78, 5) is 12.2. The summed E-state index contributed by atoms with van der Waals surface area (Å²) in [6, 6.07) is 11.4. The van der Waals surface area contributed by atoms with E-state index < -0.39 is 21.8 Å². The molecule has 134 valence electrons. The van der Waals surface area contributed by atoms with E-state index in [0.29, 0.717) is 0 Å². The van der Waals surface area contributed by atoms with Gasteiger partial charge in [-0.2, -0.15) is 4.31 Å². The van der Waals surface area contributed by atoms with Crippen LogP contribution in [0.25, 0.3) is 0 Å². The molecule has 2 aromatic rings. The summed E-state index contributed by atoms with van der Waals surface area (Å²) in [6.45, 7) is 3.28. The molecule has 0 aliphatic heterocycles. The number of halogens is 1. The van der Waals surface area contributed by atoms with Gasteiger partial charge in [0.2, 0.25) is 10.0 Å².